The van der Waals surface area contributed by atoms with Crippen LogP contribution in [0, 0.1) is 0 Å². The number of ether oxygens (including phenoxy) is 1. The van der Waals surface area contributed by atoms with E-state index in [-0.39, 0.29) is 42.9 Å². The lowest BCUT2D eigenvalue weighted by Crippen LogP contribution is -2.52. The van der Waals surface area contributed by atoms with Gasteiger partial charge in [0.05, 0.1) is 12.2 Å². The largest absolute Gasteiger partial charge is 0.373 e. The van der Waals surface area contributed by atoms with Gasteiger partial charge < -0.3 is 14.5 Å². The highest BCUT2D eigenvalue weighted by molar-refractivity contribution is 6.07. The molecule has 0 saturated carbocycles. The van der Waals surface area contributed by atoms with Crippen LogP contribution in [0.1, 0.15) is 53.0 Å². The van der Waals surface area contributed by atoms with Crippen molar-refractivity contribution in [1.82, 2.24) is 20.0 Å². The molecule has 4 rings (SSSR count). The normalized spacial score (nSPS) is 26.2. The lowest BCUT2D eigenvalue weighted by molar-refractivity contribution is -0.136. The molecule has 2 saturated heterocycles. The fraction of sp³-hybridized carbons (Fsp3) is 0.565. The smallest absolute Gasteiger partial charge is 0.255 e. The van der Waals surface area contributed by atoms with Crippen molar-refractivity contribution in [1.29, 1.82) is 0 Å². The Morgan fingerprint density at radius 2 is 1.91 bits per heavy atom. The number of hydrogen-bond acceptors (Lipinski definition) is 6. The van der Waals surface area contributed by atoms with Gasteiger partial charge in [-0.1, -0.05) is 6.07 Å². The van der Waals surface area contributed by atoms with Crippen molar-refractivity contribution < 1.29 is 23.9 Å². The molecule has 1 N–H and O–H groups in total. The summed E-state index contributed by atoms with van der Waals surface area (Å²) in [5.41, 5.74) is 1.58. The van der Waals surface area contributed by atoms with Gasteiger partial charge in [0, 0.05) is 57.3 Å². The molecule has 172 valence electrons. The summed E-state index contributed by atoms with van der Waals surface area (Å²) in [5, 5.41) is 2.30. The lowest BCUT2D eigenvalue weighted by Gasteiger charge is -2.36. The van der Waals surface area contributed by atoms with Crippen molar-refractivity contribution in [3.63, 3.8) is 0 Å². The topological polar surface area (TPSA) is 99.3 Å². The van der Waals surface area contributed by atoms with Crippen LogP contribution in [0.3, 0.4) is 0 Å². The third-order valence-corrected chi connectivity index (χ3v) is 6.41. The molecule has 2 fully saturated rings. The van der Waals surface area contributed by atoms with E-state index < -0.39 is 11.9 Å². The van der Waals surface area contributed by atoms with Crippen LogP contribution in [0.2, 0.25) is 0 Å². The molecule has 1 aromatic carbocycles. The minimum Gasteiger partial charge on any atom is -0.373 e. The summed E-state index contributed by atoms with van der Waals surface area (Å²) in [7, 11) is 1.77. The van der Waals surface area contributed by atoms with E-state index in [2.05, 4.69) is 24.1 Å². The van der Waals surface area contributed by atoms with Crippen LogP contribution >= 0.6 is 0 Å². The highest BCUT2D eigenvalue weighted by Gasteiger charge is 2.40. The molecular weight excluding hydrogens is 412 g/mol. The Morgan fingerprint density at radius 3 is 2.59 bits per heavy atom. The van der Waals surface area contributed by atoms with Gasteiger partial charge in [-0.3, -0.25) is 29.4 Å². The molecular formula is C23H30N4O5. The first-order valence-corrected chi connectivity index (χ1v) is 11.1. The Hall–Kier alpha value is -2.78. The van der Waals surface area contributed by atoms with Crippen LogP contribution in [-0.4, -0.2) is 89.8 Å². The van der Waals surface area contributed by atoms with Crippen LogP contribution in [0.25, 0.3) is 0 Å². The molecule has 0 aliphatic carbocycles. The predicted octanol–water partition coefficient (Wildman–Crippen LogP) is 0.629. The van der Waals surface area contributed by atoms with Gasteiger partial charge in [-0.25, -0.2) is 0 Å². The molecule has 1 unspecified atom stereocenters. The summed E-state index contributed by atoms with van der Waals surface area (Å²) in [6.07, 6.45) is 0.830. The minimum atomic E-state index is -0.696. The van der Waals surface area contributed by atoms with E-state index in [0.29, 0.717) is 29.7 Å². The van der Waals surface area contributed by atoms with Crippen molar-refractivity contribution in [2.24, 2.45) is 0 Å². The minimum absolute atomic E-state index is 0.144. The van der Waals surface area contributed by atoms with Crippen LogP contribution in [0.4, 0.5) is 0 Å². The second kappa shape index (κ2) is 8.99. The fourth-order valence-corrected chi connectivity index (χ4v) is 4.85. The monoisotopic (exact) mass is 442 g/mol. The summed E-state index contributed by atoms with van der Waals surface area (Å²) < 4.78 is 5.77. The molecule has 9 heteroatoms. The summed E-state index contributed by atoms with van der Waals surface area (Å²) >= 11 is 0. The number of morpholine rings is 1. The van der Waals surface area contributed by atoms with Gasteiger partial charge in [-0.05, 0) is 38.0 Å². The molecule has 0 spiro atoms. The molecule has 9 nitrogen and oxygen atoms in total. The Bertz CT molecular complexity index is 938. The zero-order valence-electron chi connectivity index (χ0n) is 18.8. The third-order valence-electron chi connectivity index (χ3n) is 6.41. The molecule has 0 aromatic heterocycles. The summed E-state index contributed by atoms with van der Waals surface area (Å²) in [4.78, 5) is 55.4. The number of hydrogen-bond donors (Lipinski definition) is 1. The number of nitrogens with one attached hydrogen (secondary N) is 1. The first-order chi connectivity index (χ1) is 15.2. The number of piperidine rings is 1. The maximum atomic E-state index is 13.2. The number of carbonyl (C=O) groups excluding carboxylic acids is 4. The van der Waals surface area contributed by atoms with E-state index in [4.69, 9.17) is 4.74 Å². The SMILES string of the molecule is C[C@@H]1CN(CCN(C)C(=O)c2cccc3c2CN(C2CCC(=O)NC2=O)C3=O)C[C@H](C)O1. The van der Waals surface area contributed by atoms with E-state index in [1.54, 1.807) is 30.1 Å². The Morgan fingerprint density at radius 1 is 1.19 bits per heavy atom. The van der Waals surface area contributed by atoms with E-state index in [1.165, 1.54) is 4.90 Å². The predicted molar refractivity (Wildman–Crippen MR) is 116 cm³/mol. The molecule has 32 heavy (non-hydrogen) atoms. The van der Waals surface area contributed by atoms with Crippen LogP contribution in [-0.2, 0) is 20.9 Å². The van der Waals surface area contributed by atoms with E-state index in [0.717, 1.165) is 19.6 Å². The fourth-order valence-electron chi connectivity index (χ4n) is 4.85. The first kappa shape index (κ1) is 22.4. The number of carbonyl (C=O) groups is 4. The molecule has 3 heterocycles. The molecule has 0 radical (unpaired) electrons. The Balaban J connectivity index is 1.45. The number of imide groups is 1. The number of likely N-dealkylation sites (N-methyl/N-ethyl adjacent to an activating group) is 1. The van der Waals surface area contributed by atoms with Gasteiger partial charge in [0.25, 0.3) is 11.8 Å². The van der Waals surface area contributed by atoms with E-state index in [9.17, 15) is 19.2 Å². The number of rotatable bonds is 5. The zero-order valence-corrected chi connectivity index (χ0v) is 18.8. The van der Waals surface area contributed by atoms with Crippen molar-refractivity contribution in [3.05, 3.63) is 34.9 Å². The third kappa shape index (κ3) is 4.40. The average molecular weight is 443 g/mol. The Labute approximate surface area is 187 Å². The molecule has 3 aliphatic rings. The molecule has 0 bridgehead atoms. The quantitative estimate of drug-likeness (QED) is 0.672. The van der Waals surface area contributed by atoms with Crippen molar-refractivity contribution in [2.75, 3.05) is 33.2 Å². The van der Waals surface area contributed by atoms with Gasteiger partial charge in [-0.2, -0.15) is 0 Å². The van der Waals surface area contributed by atoms with Gasteiger partial charge in [0.1, 0.15) is 6.04 Å². The summed E-state index contributed by atoms with van der Waals surface area (Å²) in [6, 6.07) is 4.43. The number of nitrogens with zero attached hydrogens (tertiary/aromatic N) is 3. The van der Waals surface area contributed by atoms with Crippen molar-refractivity contribution in [2.45, 2.75) is 51.5 Å². The van der Waals surface area contributed by atoms with Gasteiger partial charge in [0.2, 0.25) is 11.8 Å². The molecule has 3 atom stereocenters. The number of fused-ring (bicyclic) bond motifs is 1. The molecule has 4 amide bonds. The van der Waals surface area contributed by atoms with Crippen LogP contribution < -0.4 is 5.32 Å². The Kier molecular flexibility index (Phi) is 6.30. The first-order valence-electron chi connectivity index (χ1n) is 11.1. The highest BCUT2D eigenvalue weighted by Crippen LogP contribution is 2.30. The highest BCUT2D eigenvalue weighted by atomic mass is 16.5. The number of amides is 4. The number of benzene rings is 1. The lowest BCUT2D eigenvalue weighted by atomic mass is 10.0. The van der Waals surface area contributed by atoms with Gasteiger partial charge >= 0.3 is 0 Å². The second-order valence-electron chi connectivity index (χ2n) is 8.98. The standard InChI is InChI=1S/C23H30N4O5/c1-14-11-26(12-15(2)32-14)10-9-25(3)22(30)16-5-4-6-17-18(16)13-27(23(17)31)19-7-8-20(28)24-21(19)29/h4-6,14-15,19H,7-13H2,1-3H3,(H,24,28,29)/t14-,15+,19?. The summed E-state index contributed by atoms with van der Waals surface area (Å²) in [6.45, 7) is 7.27. The maximum absolute atomic E-state index is 13.2. The van der Waals surface area contributed by atoms with Gasteiger partial charge in [-0.15, -0.1) is 0 Å². The van der Waals surface area contributed by atoms with E-state index >= 15 is 0 Å². The maximum Gasteiger partial charge on any atom is 0.255 e. The van der Waals surface area contributed by atoms with E-state index in [1.807, 2.05) is 0 Å². The van der Waals surface area contributed by atoms with Crippen LogP contribution in [0.15, 0.2) is 18.2 Å². The van der Waals surface area contributed by atoms with Crippen LogP contribution in [0.5, 0.6) is 0 Å². The molecule has 1 aromatic rings. The second-order valence-corrected chi connectivity index (χ2v) is 8.98. The van der Waals surface area contributed by atoms with Crippen molar-refractivity contribution in [3.8, 4) is 0 Å². The van der Waals surface area contributed by atoms with Gasteiger partial charge in [0.15, 0.2) is 0 Å². The molecule has 3 aliphatic heterocycles. The average Bonchev–Trinajstić information content (AvgIpc) is 3.07. The van der Waals surface area contributed by atoms with Crippen molar-refractivity contribution >= 4 is 23.6 Å². The summed E-state index contributed by atoms with van der Waals surface area (Å²) in [5.74, 6) is -1.20. The zero-order chi connectivity index (χ0) is 23.0.